The van der Waals surface area contributed by atoms with Crippen molar-refractivity contribution >= 4 is 17.4 Å². The van der Waals surface area contributed by atoms with Crippen LogP contribution in [-0.2, 0) is 4.79 Å². The smallest absolute Gasteiger partial charge is 0.363 e. The van der Waals surface area contributed by atoms with E-state index in [4.69, 9.17) is 4.74 Å². The van der Waals surface area contributed by atoms with E-state index in [9.17, 15) is 14.9 Å². The first-order valence-corrected chi connectivity index (χ1v) is 8.78. The van der Waals surface area contributed by atoms with Gasteiger partial charge in [-0.05, 0) is 47.0 Å². The summed E-state index contributed by atoms with van der Waals surface area (Å²) in [5.41, 5.74) is 2.99. The van der Waals surface area contributed by atoms with Gasteiger partial charge in [0.25, 0.3) is 5.91 Å². The zero-order valence-corrected chi connectivity index (χ0v) is 15.4. The molecule has 1 aliphatic rings. The Hall–Kier alpha value is -3.16. The van der Waals surface area contributed by atoms with E-state index in [2.05, 4.69) is 9.88 Å². The van der Waals surface area contributed by atoms with Gasteiger partial charge in [0.05, 0.1) is 5.69 Å². The monoisotopic (exact) mass is 370 g/mol. The molecule has 1 amide bonds. The molecule has 0 radical (unpaired) electrons. The molecule has 8 nitrogen and oxygen atoms in total. The van der Waals surface area contributed by atoms with Gasteiger partial charge in [0.1, 0.15) is 5.75 Å². The van der Waals surface area contributed by atoms with E-state index in [1.807, 2.05) is 32.0 Å². The van der Waals surface area contributed by atoms with Gasteiger partial charge in [0, 0.05) is 32.2 Å². The number of nitro groups is 1. The predicted octanol–water partition coefficient (Wildman–Crippen LogP) is 2.33. The van der Waals surface area contributed by atoms with Crippen LogP contribution in [0.2, 0.25) is 0 Å². The van der Waals surface area contributed by atoms with E-state index in [1.54, 1.807) is 11.0 Å². The van der Waals surface area contributed by atoms with Crippen molar-refractivity contribution in [2.24, 2.45) is 0 Å². The maximum Gasteiger partial charge on any atom is 0.363 e. The molecule has 0 unspecified atom stereocenters. The Balaban J connectivity index is 1.51. The van der Waals surface area contributed by atoms with E-state index < -0.39 is 4.92 Å². The third kappa shape index (κ3) is 4.33. The van der Waals surface area contributed by atoms with Crippen molar-refractivity contribution in [3.8, 4) is 5.75 Å². The summed E-state index contributed by atoms with van der Waals surface area (Å²) in [4.78, 5) is 30.3. The minimum absolute atomic E-state index is 0.0172. The number of aryl methyl sites for hydroxylation is 1. The molecule has 8 heteroatoms. The number of amides is 1. The summed E-state index contributed by atoms with van der Waals surface area (Å²) >= 11 is 0. The van der Waals surface area contributed by atoms with E-state index >= 15 is 0 Å². The molecular weight excluding hydrogens is 348 g/mol. The molecule has 1 saturated heterocycles. The molecule has 0 saturated carbocycles. The molecule has 2 heterocycles. The number of ether oxygens (including phenoxy) is 1. The molecule has 0 N–H and O–H groups in total. The van der Waals surface area contributed by atoms with Crippen molar-refractivity contribution in [1.29, 1.82) is 0 Å². The number of pyridine rings is 1. The standard InChI is InChI=1S/C19H22N4O4/c1-14-4-3-5-17(15(14)2)27-13-19(24)22-10-8-21(9-11-22)16-6-7-18(20-12-16)23(25)26/h3-7,12H,8-11,13H2,1-2H3. The van der Waals surface area contributed by atoms with Gasteiger partial charge in [0.15, 0.2) is 12.8 Å². The Bertz CT molecular complexity index is 830. The van der Waals surface area contributed by atoms with Gasteiger partial charge in [-0.3, -0.25) is 4.79 Å². The average molecular weight is 370 g/mol. The molecule has 2 aromatic rings. The zero-order valence-electron chi connectivity index (χ0n) is 15.4. The van der Waals surface area contributed by atoms with Crippen molar-refractivity contribution in [1.82, 2.24) is 9.88 Å². The summed E-state index contributed by atoms with van der Waals surface area (Å²) in [6.45, 7) is 6.45. The van der Waals surface area contributed by atoms with Crippen LogP contribution in [0.5, 0.6) is 5.75 Å². The van der Waals surface area contributed by atoms with E-state index in [0.717, 1.165) is 22.6 Å². The van der Waals surface area contributed by atoms with Gasteiger partial charge in [-0.15, -0.1) is 0 Å². The topological polar surface area (TPSA) is 88.8 Å². The molecule has 1 fully saturated rings. The number of aromatic nitrogens is 1. The molecule has 0 aliphatic carbocycles. The molecule has 142 valence electrons. The van der Waals surface area contributed by atoms with E-state index in [-0.39, 0.29) is 18.3 Å². The van der Waals surface area contributed by atoms with Crippen LogP contribution in [-0.4, -0.2) is 53.5 Å². The summed E-state index contributed by atoms with van der Waals surface area (Å²) in [5.74, 6) is 0.521. The molecule has 1 aromatic carbocycles. The number of nitrogens with zero attached hydrogens (tertiary/aromatic N) is 4. The van der Waals surface area contributed by atoms with E-state index in [0.29, 0.717) is 26.2 Å². The van der Waals surface area contributed by atoms with Crippen molar-refractivity contribution in [3.63, 3.8) is 0 Å². The summed E-state index contributed by atoms with van der Waals surface area (Å²) in [6.07, 6.45) is 1.50. The van der Waals surface area contributed by atoms with Gasteiger partial charge in [-0.25, -0.2) is 0 Å². The lowest BCUT2D eigenvalue weighted by molar-refractivity contribution is -0.389. The average Bonchev–Trinajstić information content (AvgIpc) is 2.69. The summed E-state index contributed by atoms with van der Waals surface area (Å²) in [6, 6.07) is 8.88. The number of rotatable bonds is 5. The number of benzene rings is 1. The van der Waals surface area contributed by atoms with Crippen LogP contribution in [0.4, 0.5) is 11.5 Å². The first-order chi connectivity index (χ1) is 13.0. The highest BCUT2D eigenvalue weighted by Gasteiger charge is 2.23. The molecule has 27 heavy (non-hydrogen) atoms. The molecule has 0 atom stereocenters. The Morgan fingerprint density at radius 3 is 2.56 bits per heavy atom. The second kappa shape index (κ2) is 8.03. The van der Waals surface area contributed by atoms with Gasteiger partial charge in [-0.2, -0.15) is 0 Å². The Morgan fingerprint density at radius 1 is 1.19 bits per heavy atom. The number of hydrogen-bond donors (Lipinski definition) is 0. The maximum absolute atomic E-state index is 12.4. The Morgan fingerprint density at radius 2 is 1.93 bits per heavy atom. The molecule has 3 rings (SSSR count). The van der Waals surface area contributed by atoms with Gasteiger partial charge in [-0.1, -0.05) is 12.1 Å². The van der Waals surface area contributed by atoms with Crippen LogP contribution in [0.3, 0.4) is 0 Å². The van der Waals surface area contributed by atoms with Crippen LogP contribution in [0.25, 0.3) is 0 Å². The minimum Gasteiger partial charge on any atom is -0.483 e. The second-order valence-corrected chi connectivity index (χ2v) is 6.49. The lowest BCUT2D eigenvalue weighted by Gasteiger charge is -2.35. The lowest BCUT2D eigenvalue weighted by atomic mass is 10.1. The summed E-state index contributed by atoms with van der Waals surface area (Å²) < 4.78 is 5.70. The fourth-order valence-electron chi connectivity index (χ4n) is 3.00. The third-order valence-electron chi connectivity index (χ3n) is 4.82. The van der Waals surface area contributed by atoms with Crippen molar-refractivity contribution in [2.45, 2.75) is 13.8 Å². The number of anilines is 1. The van der Waals surface area contributed by atoms with Crippen molar-refractivity contribution in [3.05, 3.63) is 57.8 Å². The number of carbonyl (C=O) groups excluding carboxylic acids is 1. The third-order valence-corrected chi connectivity index (χ3v) is 4.82. The van der Waals surface area contributed by atoms with Crippen LogP contribution in [0.1, 0.15) is 11.1 Å². The van der Waals surface area contributed by atoms with E-state index in [1.165, 1.54) is 12.3 Å². The van der Waals surface area contributed by atoms with Crippen LogP contribution < -0.4 is 9.64 Å². The lowest BCUT2D eigenvalue weighted by Crippen LogP contribution is -2.50. The molecular formula is C19H22N4O4. The highest BCUT2D eigenvalue weighted by molar-refractivity contribution is 5.78. The van der Waals surface area contributed by atoms with Crippen LogP contribution in [0, 0.1) is 24.0 Å². The predicted molar refractivity (Wildman–Crippen MR) is 101 cm³/mol. The first-order valence-electron chi connectivity index (χ1n) is 8.78. The van der Waals surface area contributed by atoms with Crippen molar-refractivity contribution in [2.75, 3.05) is 37.7 Å². The number of carbonyl (C=O) groups is 1. The second-order valence-electron chi connectivity index (χ2n) is 6.49. The minimum atomic E-state index is -0.518. The molecule has 0 spiro atoms. The number of hydrogen-bond acceptors (Lipinski definition) is 6. The SMILES string of the molecule is Cc1cccc(OCC(=O)N2CCN(c3ccc([N+](=O)[O-])nc3)CC2)c1C. The summed E-state index contributed by atoms with van der Waals surface area (Å²) in [7, 11) is 0. The number of piperazine rings is 1. The molecule has 0 bridgehead atoms. The Kier molecular flexibility index (Phi) is 5.54. The zero-order chi connectivity index (χ0) is 19.4. The van der Waals surface area contributed by atoms with Gasteiger partial charge in [0.2, 0.25) is 0 Å². The van der Waals surface area contributed by atoms with Crippen molar-refractivity contribution < 1.29 is 14.5 Å². The largest absolute Gasteiger partial charge is 0.483 e. The van der Waals surface area contributed by atoms with Crippen LogP contribution >= 0.6 is 0 Å². The fourth-order valence-corrected chi connectivity index (χ4v) is 3.00. The maximum atomic E-state index is 12.4. The highest BCUT2D eigenvalue weighted by atomic mass is 16.6. The molecule has 1 aromatic heterocycles. The molecule has 1 aliphatic heterocycles. The van der Waals surface area contributed by atoms with Crippen LogP contribution in [0.15, 0.2) is 36.5 Å². The quantitative estimate of drug-likeness (QED) is 0.593. The fraction of sp³-hybridized carbons (Fsp3) is 0.368. The normalized spacial score (nSPS) is 14.1. The first kappa shape index (κ1) is 18.6. The van der Waals surface area contributed by atoms with Gasteiger partial charge < -0.3 is 24.7 Å². The highest BCUT2D eigenvalue weighted by Crippen LogP contribution is 2.21. The summed E-state index contributed by atoms with van der Waals surface area (Å²) in [5, 5.41) is 10.7. The van der Waals surface area contributed by atoms with Gasteiger partial charge >= 0.3 is 5.82 Å². The Labute approximate surface area is 157 Å².